The normalized spacial score (nSPS) is 10.6. The van der Waals surface area contributed by atoms with Crippen LogP contribution in [0.15, 0.2) is 17.1 Å². The molecule has 11 heavy (non-hydrogen) atoms. The van der Waals surface area contributed by atoms with E-state index in [1.165, 1.54) is 10.8 Å². The van der Waals surface area contributed by atoms with E-state index in [4.69, 9.17) is 0 Å². The zero-order valence-electron chi connectivity index (χ0n) is 5.90. The number of hydrogen-bond donors (Lipinski definition) is 1. The average Bonchev–Trinajstić information content (AvgIpc) is 2.34. The Bertz CT molecular complexity index is 441. The molecule has 2 rings (SSSR count). The first-order valence-electron chi connectivity index (χ1n) is 3.18. The molecule has 5 heteroatoms. The zero-order valence-corrected chi connectivity index (χ0v) is 5.90. The SMILES string of the molecule is Cc1nn2nccc2c(=O)[nH]1. The number of aryl methyl sites for hydroxylation is 1. The number of fused-ring (bicyclic) bond motifs is 1. The Morgan fingerprint density at radius 3 is 3.27 bits per heavy atom. The molecule has 5 nitrogen and oxygen atoms in total. The van der Waals surface area contributed by atoms with Gasteiger partial charge in [-0.25, -0.2) is 0 Å². The molecular formula is C6H6N4O. The van der Waals surface area contributed by atoms with Crippen LogP contribution in [0.1, 0.15) is 5.82 Å². The zero-order chi connectivity index (χ0) is 7.84. The van der Waals surface area contributed by atoms with E-state index in [0.717, 1.165) is 0 Å². The lowest BCUT2D eigenvalue weighted by atomic mass is 10.5. The number of rotatable bonds is 0. The molecule has 0 aliphatic heterocycles. The Balaban J connectivity index is 3.02. The highest BCUT2D eigenvalue weighted by Gasteiger charge is 1.98. The molecule has 0 amide bonds. The summed E-state index contributed by atoms with van der Waals surface area (Å²) in [4.78, 5) is 13.7. The Kier molecular flexibility index (Phi) is 1.06. The molecule has 0 bridgehead atoms. The van der Waals surface area contributed by atoms with Crippen molar-refractivity contribution >= 4 is 5.52 Å². The minimum atomic E-state index is -0.157. The Morgan fingerprint density at radius 2 is 2.45 bits per heavy atom. The number of nitrogens with zero attached hydrogens (tertiary/aromatic N) is 3. The monoisotopic (exact) mass is 150 g/mol. The molecule has 56 valence electrons. The predicted octanol–water partition coefficient (Wildman–Crippen LogP) is -0.274. The number of nitrogens with one attached hydrogen (secondary N) is 1. The first-order valence-corrected chi connectivity index (χ1v) is 3.18. The van der Waals surface area contributed by atoms with Gasteiger partial charge in [-0.05, 0) is 13.0 Å². The fourth-order valence-electron chi connectivity index (χ4n) is 0.938. The molecule has 2 aromatic rings. The van der Waals surface area contributed by atoms with E-state index in [1.54, 1.807) is 13.0 Å². The highest BCUT2D eigenvalue weighted by Crippen LogP contribution is 1.89. The Morgan fingerprint density at radius 1 is 1.64 bits per heavy atom. The number of aromatic nitrogens is 4. The summed E-state index contributed by atoms with van der Waals surface area (Å²) < 4.78 is 1.31. The van der Waals surface area contributed by atoms with Gasteiger partial charge in [-0.1, -0.05) is 0 Å². The standard InChI is InChI=1S/C6H6N4O/c1-4-8-6(11)5-2-3-7-10(5)9-4/h2-3H,1H3,(H,8,9,11). The van der Waals surface area contributed by atoms with Gasteiger partial charge in [0.2, 0.25) is 0 Å². The lowest BCUT2D eigenvalue weighted by Crippen LogP contribution is -2.14. The second-order valence-corrected chi connectivity index (χ2v) is 2.25. The molecule has 0 aliphatic carbocycles. The van der Waals surface area contributed by atoms with Gasteiger partial charge >= 0.3 is 0 Å². The van der Waals surface area contributed by atoms with Gasteiger partial charge in [0, 0.05) is 0 Å². The van der Waals surface area contributed by atoms with Crippen molar-refractivity contribution in [3.05, 3.63) is 28.4 Å². The van der Waals surface area contributed by atoms with Crippen LogP contribution in [0.3, 0.4) is 0 Å². The van der Waals surface area contributed by atoms with Crippen LogP contribution in [0.2, 0.25) is 0 Å². The Labute approximate surface area is 61.7 Å². The second-order valence-electron chi connectivity index (χ2n) is 2.25. The van der Waals surface area contributed by atoms with Crippen molar-refractivity contribution in [2.45, 2.75) is 6.92 Å². The number of aromatic amines is 1. The van der Waals surface area contributed by atoms with Crippen molar-refractivity contribution in [1.29, 1.82) is 0 Å². The van der Waals surface area contributed by atoms with Gasteiger partial charge in [-0.15, -0.1) is 9.73 Å². The van der Waals surface area contributed by atoms with Crippen molar-refractivity contribution in [2.75, 3.05) is 0 Å². The van der Waals surface area contributed by atoms with Crippen molar-refractivity contribution in [3.63, 3.8) is 0 Å². The lowest BCUT2D eigenvalue weighted by Gasteiger charge is -1.91. The number of H-pyrrole nitrogens is 1. The molecule has 2 heterocycles. The molecule has 0 aliphatic rings. The average molecular weight is 150 g/mol. The van der Waals surface area contributed by atoms with E-state index in [2.05, 4.69) is 15.2 Å². The van der Waals surface area contributed by atoms with Crippen LogP contribution in [-0.4, -0.2) is 19.8 Å². The molecule has 0 saturated carbocycles. The quantitative estimate of drug-likeness (QED) is 0.562. The van der Waals surface area contributed by atoms with Crippen molar-refractivity contribution in [3.8, 4) is 0 Å². The van der Waals surface area contributed by atoms with Gasteiger partial charge in [0.15, 0.2) is 5.52 Å². The molecule has 0 radical (unpaired) electrons. The third-order valence-corrected chi connectivity index (χ3v) is 1.40. The fourth-order valence-corrected chi connectivity index (χ4v) is 0.938. The molecule has 0 unspecified atom stereocenters. The molecule has 2 aromatic heterocycles. The third kappa shape index (κ3) is 0.813. The lowest BCUT2D eigenvalue weighted by molar-refractivity contribution is 0.747. The summed E-state index contributed by atoms with van der Waals surface area (Å²) in [6.45, 7) is 1.71. The predicted molar refractivity (Wildman–Crippen MR) is 38.3 cm³/mol. The van der Waals surface area contributed by atoms with Gasteiger partial charge < -0.3 is 4.98 Å². The van der Waals surface area contributed by atoms with E-state index in [0.29, 0.717) is 11.3 Å². The summed E-state index contributed by atoms with van der Waals surface area (Å²) in [5, 5.41) is 7.77. The molecular weight excluding hydrogens is 144 g/mol. The summed E-state index contributed by atoms with van der Waals surface area (Å²) in [6, 6.07) is 1.62. The van der Waals surface area contributed by atoms with E-state index in [9.17, 15) is 4.79 Å². The minimum Gasteiger partial charge on any atom is -0.307 e. The highest BCUT2D eigenvalue weighted by molar-refractivity contribution is 5.40. The summed E-state index contributed by atoms with van der Waals surface area (Å²) in [7, 11) is 0. The van der Waals surface area contributed by atoms with Gasteiger partial charge in [0.05, 0.1) is 6.20 Å². The van der Waals surface area contributed by atoms with Gasteiger partial charge in [-0.3, -0.25) is 4.79 Å². The van der Waals surface area contributed by atoms with Crippen LogP contribution in [0.5, 0.6) is 0 Å². The number of hydrogen-bond acceptors (Lipinski definition) is 3. The van der Waals surface area contributed by atoms with Gasteiger partial charge in [-0.2, -0.15) is 5.10 Å². The van der Waals surface area contributed by atoms with E-state index < -0.39 is 0 Å². The van der Waals surface area contributed by atoms with Crippen molar-refractivity contribution in [1.82, 2.24) is 19.8 Å². The second kappa shape index (κ2) is 1.91. The largest absolute Gasteiger partial charge is 0.307 e. The van der Waals surface area contributed by atoms with Crippen LogP contribution in [0, 0.1) is 6.92 Å². The molecule has 0 aromatic carbocycles. The summed E-state index contributed by atoms with van der Waals surface area (Å²) in [5.74, 6) is 0.561. The third-order valence-electron chi connectivity index (χ3n) is 1.40. The van der Waals surface area contributed by atoms with E-state index in [1.807, 2.05) is 0 Å². The van der Waals surface area contributed by atoms with Crippen LogP contribution >= 0.6 is 0 Å². The first-order chi connectivity index (χ1) is 5.27. The topological polar surface area (TPSA) is 63.1 Å². The van der Waals surface area contributed by atoms with Crippen LogP contribution < -0.4 is 5.56 Å². The maximum Gasteiger partial charge on any atom is 0.277 e. The smallest absolute Gasteiger partial charge is 0.277 e. The van der Waals surface area contributed by atoms with E-state index >= 15 is 0 Å². The summed E-state index contributed by atoms with van der Waals surface area (Å²) in [6.07, 6.45) is 1.54. The molecule has 0 fully saturated rings. The maximum absolute atomic E-state index is 11.1. The molecule has 0 atom stereocenters. The minimum absolute atomic E-state index is 0.157. The summed E-state index contributed by atoms with van der Waals surface area (Å²) >= 11 is 0. The molecule has 0 saturated heterocycles. The van der Waals surface area contributed by atoms with Gasteiger partial charge in [0.25, 0.3) is 5.56 Å². The van der Waals surface area contributed by atoms with Crippen molar-refractivity contribution in [2.24, 2.45) is 0 Å². The molecule has 0 spiro atoms. The van der Waals surface area contributed by atoms with Crippen LogP contribution in [-0.2, 0) is 0 Å². The highest BCUT2D eigenvalue weighted by atomic mass is 16.1. The van der Waals surface area contributed by atoms with Crippen molar-refractivity contribution < 1.29 is 0 Å². The van der Waals surface area contributed by atoms with E-state index in [-0.39, 0.29) is 5.56 Å². The summed E-state index contributed by atoms with van der Waals surface area (Å²) in [5.41, 5.74) is 0.311. The van der Waals surface area contributed by atoms with Crippen LogP contribution in [0.25, 0.3) is 5.52 Å². The van der Waals surface area contributed by atoms with Crippen LogP contribution in [0.4, 0.5) is 0 Å². The van der Waals surface area contributed by atoms with Gasteiger partial charge in [0.1, 0.15) is 5.82 Å². The first kappa shape index (κ1) is 6.09. The fraction of sp³-hybridized carbons (Fsp3) is 0.167. The molecule has 1 N–H and O–H groups in total. The maximum atomic E-state index is 11.1. The Hall–Kier alpha value is -1.65.